The number of unbranched alkanes of at least 4 members (excludes halogenated alkanes) is 15. The predicted molar refractivity (Wildman–Crippen MR) is 426 cm³/mol. The minimum absolute atomic E-state index is 0.00720. The van der Waals surface area contributed by atoms with Crippen LogP contribution in [-0.4, -0.2) is 96.7 Å². The Hall–Kier alpha value is -5.84. The maximum Gasteiger partial charge on any atom is 0.472 e. The Morgan fingerprint density at radius 1 is 0.279 bits per heavy atom. The van der Waals surface area contributed by atoms with Crippen LogP contribution >= 0.6 is 15.6 Å². The van der Waals surface area contributed by atoms with Crippen LogP contribution in [0.1, 0.15) is 272 Å². The second-order valence-corrected chi connectivity index (χ2v) is 28.1. The maximum absolute atomic E-state index is 13.1. The molecule has 0 fully saturated rings. The molecule has 0 aliphatic carbocycles. The van der Waals surface area contributed by atoms with Crippen molar-refractivity contribution < 1.29 is 80.2 Å². The molecule has 0 radical (unpaired) electrons. The first-order chi connectivity index (χ1) is 50.7. The van der Waals surface area contributed by atoms with Crippen LogP contribution in [-0.2, 0) is 65.4 Å². The molecule has 19 heteroatoms. The fraction of sp³-hybridized carbons (Fsp3) is 0.600. The zero-order valence-electron chi connectivity index (χ0n) is 64.1. The third-order valence-electron chi connectivity index (χ3n) is 15.3. The van der Waals surface area contributed by atoms with E-state index in [2.05, 4.69) is 180 Å². The molecule has 5 unspecified atom stereocenters. The molecule has 0 spiro atoms. The van der Waals surface area contributed by atoms with Gasteiger partial charge in [0.25, 0.3) is 0 Å². The molecule has 0 saturated carbocycles. The van der Waals surface area contributed by atoms with E-state index in [4.69, 9.17) is 37.0 Å². The Labute approximate surface area is 628 Å². The summed E-state index contributed by atoms with van der Waals surface area (Å²) in [7, 11) is -10.0. The van der Waals surface area contributed by atoms with Gasteiger partial charge in [-0.1, -0.05) is 268 Å². The summed E-state index contributed by atoms with van der Waals surface area (Å²) >= 11 is 0. The Morgan fingerprint density at radius 2 is 0.548 bits per heavy atom. The summed E-state index contributed by atoms with van der Waals surface area (Å²) in [5, 5.41) is 10.6. The lowest BCUT2D eigenvalue weighted by Gasteiger charge is -2.21. The van der Waals surface area contributed by atoms with Gasteiger partial charge in [-0.25, -0.2) is 9.13 Å². The Morgan fingerprint density at radius 3 is 0.904 bits per heavy atom. The number of aliphatic hydroxyl groups is 1. The molecule has 0 amide bonds. The molecule has 17 nitrogen and oxygen atoms in total. The number of esters is 4. The van der Waals surface area contributed by atoms with Crippen molar-refractivity contribution in [1.29, 1.82) is 0 Å². The van der Waals surface area contributed by atoms with Crippen LogP contribution < -0.4 is 0 Å². The Kier molecular flexibility index (Phi) is 71.2. The number of phosphoric ester groups is 2. The summed E-state index contributed by atoms with van der Waals surface area (Å²) < 4.78 is 68.4. The van der Waals surface area contributed by atoms with Crippen molar-refractivity contribution in [1.82, 2.24) is 0 Å². The van der Waals surface area contributed by atoms with Crippen molar-refractivity contribution in [2.45, 2.75) is 290 Å². The number of ether oxygens (including phenoxy) is 4. The van der Waals surface area contributed by atoms with Crippen molar-refractivity contribution in [2.24, 2.45) is 0 Å². The number of hydrogen-bond acceptors (Lipinski definition) is 15. The van der Waals surface area contributed by atoms with E-state index in [1.807, 2.05) is 30.4 Å². The van der Waals surface area contributed by atoms with E-state index in [9.17, 15) is 43.2 Å². The number of hydrogen-bond donors (Lipinski definition) is 3. The number of carbonyl (C=O) groups excluding carboxylic acids is 4. The van der Waals surface area contributed by atoms with Crippen LogP contribution in [0, 0.1) is 0 Å². The van der Waals surface area contributed by atoms with Gasteiger partial charge in [-0.15, -0.1) is 0 Å². The molecular weight excluding hydrogens is 1350 g/mol. The highest BCUT2D eigenvalue weighted by Gasteiger charge is 2.30. The minimum Gasteiger partial charge on any atom is -0.462 e. The van der Waals surface area contributed by atoms with Gasteiger partial charge in [0.1, 0.15) is 19.3 Å². The molecular formula is C85H136O17P2. The van der Waals surface area contributed by atoms with Crippen molar-refractivity contribution in [2.75, 3.05) is 39.6 Å². The van der Waals surface area contributed by atoms with Gasteiger partial charge < -0.3 is 33.8 Å². The fourth-order valence-electron chi connectivity index (χ4n) is 9.47. The normalized spacial score (nSPS) is 14.9. The summed E-state index contributed by atoms with van der Waals surface area (Å²) in [5.41, 5.74) is 0. The average molecular weight is 1490 g/mol. The van der Waals surface area contributed by atoms with Gasteiger partial charge in [-0.3, -0.25) is 37.3 Å². The monoisotopic (exact) mass is 1490 g/mol. The van der Waals surface area contributed by atoms with Crippen LogP contribution in [0.25, 0.3) is 0 Å². The third kappa shape index (κ3) is 74.4. The first-order valence-electron chi connectivity index (χ1n) is 39.0. The molecule has 0 aliphatic heterocycles. The van der Waals surface area contributed by atoms with Crippen molar-refractivity contribution in [3.63, 3.8) is 0 Å². The average Bonchev–Trinajstić information content (AvgIpc) is 0.911. The molecule has 3 N–H and O–H groups in total. The van der Waals surface area contributed by atoms with E-state index in [1.54, 1.807) is 0 Å². The molecule has 588 valence electrons. The highest BCUT2D eigenvalue weighted by molar-refractivity contribution is 7.47. The highest BCUT2D eigenvalue weighted by Crippen LogP contribution is 2.45. The van der Waals surface area contributed by atoms with Gasteiger partial charge in [0.05, 0.1) is 26.4 Å². The molecule has 0 aromatic rings. The summed E-state index contributed by atoms with van der Waals surface area (Å²) in [5.74, 6) is -2.39. The van der Waals surface area contributed by atoms with Crippen LogP contribution in [0.3, 0.4) is 0 Å². The smallest absolute Gasteiger partial charge is 0.462 e. The van der Waals surface area contributed by atoms with E-state index in [0.717, 1.165) is 161 Å². The maximum atomic E-state index is 13.1. The largest absolute Gasteiger partial charge is 0.472 e. The zero-order valence-corrected chi connectivity index (χ0v) is 65.9. The lowest BCUT2D eigenvalue weighted by atomic mass is 10.1. The first-order valence-corrected chi connectivity index (χ1v) is 42.0. The lowest BCUT2D eigenvalue weighted by Crippen LogP contribution is -2.30. The molecule has 5 atom stereocenters. The van der Waals surface area contributed by atoms with E-state index < -0.39 is 97.5 Å². The van der Waals surface area contributed by atoms with Gasteiger partial charge >= 0.3 is 39.5 Å². The third-order valence-corrected chi connectivity index (χ3v) is 17.2. The molecule has 0 rings (SSSR count). The van der Waals surface area contributed by atoms with Crippen molar-refractivity contribution in [3.05, 3.63) is 182 Å². The summed E-state index contributed by atoms with van der Waals surface area (Å²) in [6, 6.07) is 0. The van der Waals surface area contributed by atoms with E-state index in [1.165, 1.54) is 19.3 Å². The molecule has 0 aliphatic rings. The van der Waals surface area contributed by atoms with E-state index >= 15 is 0 Å². The van der Waals surface area contributed by atoms with Gasteiger partial charge in [-0.05, 0) is 161 Å². The van der Waals surface area contributed by atoms with Crippen molar-refractivity contribution >= 4 is 39.5 Å². The van der Waals surface area contributed by atoms with E-state index in [0.29, 0.717) is 38.5 Å². The van der Waals surface area contributed by atoms with Crippen LogP contribution in [0.2, 0.25) is 0 Å². The van der Waals surface area contributed by atoms with Crippen LogP contribution in [0.15, 0.2) is 182 Å². The fourth-order valence-corrected chi connectivity index (χ4v) is 11.0. The minimum atomic E-state index is -5.02. The predicted octanol–water partition coefficient (Wildman–Crippen LogP) is 22.8. The van der Waals surface area contributed by atoms with E-state index in [-0.39, 0.29) is 25.7 Å². The standard InChI is InChI=1S/C85H136O17P2/c1-5-9-13-17-21-25-29-33-36-38-39-41-43-47-50-54-58-62-66-70-83(88)96-76-81(102-85(90)72-68-64-60-56-52-48-44-40-37-34-30-26-22-18-14-10-6-2)78-100-104(93,94)98-74-79(86)73-97-103(91,92)99-77-80(101-84(89)71-67-63-59-55-51-45-32-28-24-20-16-12-8-4)75-95-82(87)69-65-61-57-53-49-46-42-35-31-27-23-19-15-11-7-3/h9-10,13-14,16,20-23,25-28,32-37,39,41-42,44,47-48,50,56,58,60,62,79-81,86H,5-8,11-12,15,17-19,24,29-31,38,40,43,45-46,49,51-55,57,59,61,63-78H2,1-4H3,(H,91,92)(H,93,94)/b13-9-,14-10-,20-16-,25-21-,26-22-,27-23-,32-28-,36-33-,37-34-,41-39-,42-35-,48-44-,50-47-,60-56-,62-58-. The van der Waals surface area contributed by atoms with Crippen molar-refractivity contribution in [3.8, 4) is 0 Å². The topological polar surface area (TPSA) is 237 Å². The number of aliphatic hydroxyl groups excluding tert-OH is 1. The van der Waals surface area contributed by atoms with Gasteiger partial charge in [0, 0.05) is 25.7 Å². The molecule has 0 heterocycles. The Balaban J connectivity index is 5.52. The first kappa shape index (κ1) is 98.2. The summed E-state index contributed by atoms with van der Waals surface area (Å²) in [6.45, 7) is 4.34. The molecule has 0 saturated heterocycles. The number of phosphoric acid groups is 2. The summed E-state index contributed by atoms with van der Waals surface area (Å²) in [4.78, 5) is 72.9. The van der Waals surface area contributed by atoms with Crippen LogP contribution in [0.5, 0.6) is 0 Å². The number of carbonyl (C=O) groups is 4. The number of rotatable bonds is 71. The second kappa shape index (κ2) is 75.4. The number of allylic oxidation sites excluding steroid dienone is 30. The van der Waals surface area contributed by atoms with Gasteiger partial charge in [-0.2, -0.15) is 0 Å². The van der Waals surface area contributed by atoms with Gasteiger partial charge in [0.2, 0.25) is 0 Å². The second-order valence-electron chi connectivity index (χ2n) is 25.2. The SMILES string of the molecule is CC/C=C\C/C=C\C/C=C\C/C=C\C/C=C\C/C=C\CCC(=O)OCC(COP(=O)(O)OCC(O)COP(=O)(O)OCC(COC(=O)CCCCCCC/C=C\C/C=C\CCCCC)OC(=O)CCCCCCC/C=C\C/C=C\CCC)OC(=O)CCC/C=C\C/C=C\C/C=C\C/C=C\C/C=C\CC. The molecule has 0 aromatic heterocycles. The molecule has 104 heavy (non-hydrogen) atoms. The van der Waals surface area contributed by atoms with Gasteiger partial charge in [0.15, 0.2) is 12.2 Å². The zero-order chi connectivity index (χ0) is 76.0. The highest BCUT2D eigenvalue weighted by atomic mass is 31.2. The molecule has 0 aromatic carbocycles. The molecule has 0 bridgehead atoms. The van der Waals surface area contributed by atoms with Crippen LogP contribution in [0.4, 0.5) is 0 Å². The Bertz CT molecular complexity index is 2690. The summed E-state index contributed by atoms with van der Waals surface area (Å²) in [6.07, 6.45) is 90.4. The quantitative estimate of drug-likeness (QED) is 0.0169. The lowest BCUT2D eigenvalue weighted by molar-refractivity contribution is -0.161.